The van der Waals surface area contributed by atoms with Crippen molar-refractivity contribution >= 4 is 33.2 Å². The molecule has 0 radical (unpaired) electrons. The lowest BCUT2D eigenvalue weighted by molar-refractivity contribution is -0.284. The summed E-state index contributed by atoms with van der Waals surface area (Å²) in [5.41, 5.74) is -0.714. The number of nitrogens with zero attached hydrogens (tertiary/aromatic N) is 7. The Hall–Kier alpha value is -4.32. The lowest BCUT2D eigenvalue weighted by atomic mass is 9.77. The van der Waals surface area contributed by atoms with E-state index in [1.165, 1.54) is 51.6 Å². The van der Waals surface area contributed by atoms with Crippen molar-refractivity contribution in [2.24, 2.45) is 0 Å². The zero-order valence-corrected chi connectivity index (χ0v) is 25.1. The smallest absolute Gasteiger partial charge is 0.354 e. The first-order valence-electron chi connectivity index (χ1n) is 14.0. The van der Waals surface area contributed by atoms with Gasteiger partial charge in [-0.05, 0) is 31.0 Å². The Morgan fingerprint density at radius 1 is 1.00 bits per heavy atom. The van der Waals surface area contributed by atoms with Crippen LogP contribution in [0.25, 0.3) is 17.2 Å². The molecule has 0 bridgehead atoms. The predicted molar refractivity (Wildman–Crippen MR) is 153 cm³/mol. The number of nitrogens with one attached hydrogen (secondary N) is 1. The number of aryl methyl sites for hydroxylation is 1. The normalized spacial score (nSPS) is 19.5. The van der Waals surface area contributed by atoms with Gasteiger partial charge in [0, 0.05) is 51.2 Å². The number of benzene rings is 1. The third-order valence-electron chi connectivity index (χ3n) is 8.27. The number of alkyl halides is 5. The van der Waals surface area contributed by atoms with E-state index in [1.54, 1.807) is 11.8 Å². The number of aromatic nitrogens is 5. The Labute approximate surface area is 258 Å². The minimum Gasteiger partial charge on any atom is -0.354 e. The lowest BCUT2D eigenvalue weighted by Crippen LogP contribution is -2.49. The molecule has 2 aliphatic rings. The van der Waals surface area contributed by atoms with Gasteiger partial charge in [0.15, 0.2) is 11.5 Å². The number of anilines is 2. The summed E-state index contributed by atoms with van der Waals surface area (Å²) in [7, 11) is -3.49. The van der Waals surface area contributed by atoms with Crippen molar-refractivity contribution in [2.45, 2.75) is 37.3 Å². The van der Waals surface area contributed by atoms with Crippen LogP contribution in [0.2, 0.25) is 0 Å². The van der Waals surface area contributed by atoms with Gasteiger partial charge in [0.2, 0.25) is 15.9 Å². The predicted octanol–water partition coefficient (Wildman–Crippen LogP) is 3.80. The second kappa shape index (κ2) is 10.9. The van der Waals surface area contributed by atoms with Crippen molar-refractivity contribution in [1.29, 1.82) is 0 Å². The van der Waals surface area contributed by atoms with Gasteiger partial charge in [-0.25, -0.2) is 32.7 Å². The summed E-state index contributed by atoms with van der Waals surface area (Å²) < 4.78 is 107. The molecule has 11 nitrogen and oxygen atoms in total. The van der Waals surface area contributed by atoms with E-state index in [0.29, 0.717) is 11.1 Å². The Morgan fingerprint density at radius 2 is 1.67 bits per heavy atom. The summed E-state index contributed by atoms with van der Waals surface area (Å²) in [5.74, 6) is -5.73. The van der Waals surface area contributed by atoms with Gasteiger partial charge >= 0.3 is 12.1 Å². The SMILES string of the molecule is CC1(c2ccc(F)cc2)C(=O)Nc2nc(-c3cn4ccnc4c(CCC(F)(F)C(F)(F)F)n3)nc(N3CCN(S(C)(=O)=O)CC3)c21. The van der Waals surface area contributed by atoms with E-state index in [-0.39, 0.29) is 60.7 Å². The van der Waals surface area contributed by atoms with Crippen LogP contribution in [0.3, 0.4) is 0 Å². The molecule has 46 heavy (non-hydrogen) atoms. The number of halogens is 6. The minimum atomic E-state index is -5.75. The van der Waals surface area contributed by atoms with Crippen molar-refractivity contribution in [3.63, 3.8) is 0 Å². The molecule has 1 unspecified atom stereocenters. The molecule has 0 saturated carbocycles. The van der Waals surface area contributed by atoms with E-state index >= 15 is 0 Å². The number of piperazine rings is 1. The summed E-state index contributed by atoms with van der Waals surface area (Å²) in [6, 6.07) is 5.33. The van der Waals surface area contributed by atoms with E-state index in [9.17, 15) is 39.6 Å². The molecule has 18 heteroatoms. The highest BCUT2D eigenvalue weighted by atomic mass is 32.2. The average molecular weight is 669 g/mol. The molecule has 2 aliphatic heterocycles. The van der Waals surface area contributed by atoms with Crippen LogP contribution in [0.15, 0.2) is 42.9 Å². The first-order valence-corrected chi connectivity index (χ1v) is 15.8. The van der Waals surface area contributed by atoms with E-state index in [0.717, 1.165) is 6.26 Å². The Bertz CT molecular complexity index is 1940. The molecule has 1 N–H and O–H groups in total. The number of fused-ring (bicyclic) bond motifs is 2. The van der Waals surface area contributed by atoms with Gasteiger partial charge in [-0.3, -0.25) is 4.79 Å². The van der Waals surface area contributed by atoms with Crippen LogP contribution >= 0.6 is 0 Å². The van der Waals surface area contributed by atoms with Crippen LogP contribution in [-0.4, -0.2) is 87.5 Å². The highest BCUT2D eigenvalue weighted by molar-refractivity contribution is 7.88. The van der Waals surface area contributed by atoms with Crippen molar-refractivity contribution in [1.82, 2.24) is 28.6 Å². The zero-order chi connectivity index (χ0) is 33.2. The second-order valence-electron chi connectivity index (χ2n) is 11.3. The molecule has 1 atom stereocenters. The Kier molecular flexibility index (Phi) is 7.50. The third-order valence-corrected chi connectivity index (χ3v) is 9.57. The van der Waals surface area contributed by atoms with Gasteiger partial charge < -0.3 is 14.6 Å². The van der Waals surface area contributed by atoms with E-state index in [1.807, 2.05) is 0 Å². The highest BCUT2D eigenvalue weighted by Crippen LogP contribution is 2.47. The van der Waals surface area contributed by atoms with Gasteiger partial charge in [0.1, 0.15) is 28.6 Å². The molecule has 0 aliphatic carbocycles. The van der Waals surface area contributed by atoms with E-state index in [4.69, 9.17) is 4.98 Å². The zero-order valence-electron chi connectivity index (χ0n) is 24.3. The number of carbonyl (C=O) groups excluding carboxylic acids is 1. The third kappa shape index (κ3) is 5.42. The number of amides is 1. The summed E-state index contributed by atoms with van der Waals surface area (Å²) in [6.45, 7) is 2.19. The van der Waals surface area contributed by atoms with Gasteiger partial charge in [-0.15, -0.1) is 0 Å². The number of imidazole rings is 1. The molecule has 1 amide bonds. The molecular formula is C28H26F6N8O3S. The molecule has 3 aromatic heterocycles. The lowest BCUT2D eigenvalue weighted by Gasteiger charge is -2.36. The van der Waals surface area contributed by atoms with Crippen molar-refractivity contribution in [3.8, 4) is 11.5 Å². The van der Waals surface area contributed by atoms with Crippen LogP contribution in [0.1, 0.15) is 30.2 Å². The molecule has 1 aromatic carbocycles. The first kappa shape index (κ1) is 31.7. The number of rotatable bonds is 7. The fraction of sp³-hybridized carbons (Fsp3) is 0.393. The fourth-order valence-corrected chi connectivity index (χ4v) is 6.50. The molecule has 1 fully saturated rings. The maximum absolute atomic E-state index is 13.8. The van der Waals surface area contributed by atoms with Gasteiger partial charge in [0.05, 0.1) is 17.5 Å². The van der Waals surface area contributed by atoms with Crippen LogP contribution in [0.4, 0.5) is 38.0 Å². The number of sulfonamides is 1. The van der Waals surface area contributed by atoms with Crippen LogP contribution in [-0.2, 0) is 26.7 Å². The molecule has 1 saturated heterocycles. The average Bonchev–Trinajstić information content (AvgIpc) is 3.57. The maximum Gasteiger partial charge on any atom is 0.453 e. The summed E-state index contributed by atoms with van der Waals surface area (Å²) in [5, 5.41) is 2.74. The monoisotopic (exact) mass is 668 g/mol. The quantitative estimate of drug-likeness (QED) is 0.295. The Balaban J connectivity index is 1.48. The van der Waals surface area contributed by atoms with Gasteiger partial charge in [-0.2, -0.15) is 26.3 Å². The van der Waals surface area contributed by atoms with Crippen LogP contribution < -0.4 is 10.2 Å². The summed E-state index contributed by atoms with van der Waals surface area (Å²) in [6.07, 6.45) is -2.78. The van der Waals surface area contributed by atoms with Gasteiger partial charge in [0.25, 0.3) is 0 Å². The van der Waals surface area contributed by atoms with E-state index in [2.05, 4.69) is 20.3 Å². The van der Waals surface area contributed by atoms with Crippen molar-refractivity contribution < 1.29 is 39.6 Å². The minimum absolute atomic E-state index is 0.000666. The van der Waals surface area contributed by atoms with Crippen LogP contribution in [0.5, 0.6) is 0 Å². The number of hydrogen-bond donors (Lipinski definition) is 1. The molecule has 6 rings (SSSR count). The summed E-state index contributed by atoms with van der Waals surface area (Å²) >= 11 is 0. The number of carbonyl (C=O) groups is 1. The fourth-order valence-electron chi connectivity index (χ4n) is 5.67. The molecule has 244 valence electrons. The van der Waals surface area contributed by atoms with Crippen molar-refractivity contribution in [3.05, 3.63) is 65.5 Å². The molecule has 0 spiro atoms. The molecular weight excluding hydrogens is 642 g/mol. The van der Waals surface area contributed by atoms with E-state index < -0.39 is 52.1 Å². The molecule has 5 heterocycles. The maximum atomic E-state index is 13.8. The molecule has 4 aromatic rings. The summed E-state index contributed by atoms with van der Waals surface area (Å²) in [4.78, 5) is 33.0. The van der Waals surface area contributed by atoms with Crippen molar-refractivity contribution in [2.75, 3.05) is 42.7 Å². The first-order chi connectivity index (χ1) is 21.5. The standard InChI is InChI=1S/C28H26F6N8O3S/c1-26(16-3-5-17(29)6-4-16)20-22(39-25(26)43)37-21(38-24(20)40-11-13-42(14-12-40)46(2,44)45)19-15-41-10-9-35-23(41)18(36-19)7-8-27(30,31)28(32,33)34/h3-6,9-10,15H,7-8,11-14H2,1-2H3,(H,37,38,39,43). The topological polar surface area (TPSA) is 126 Å². The van der Waals surface area contributed by atoms with Gasteiger partial charge in [-0.1, -0.05) is 12.1 Å². The Morgan fingerprint density at radius 3 is 2.30 bits per heavy atom. The number of hydrogen-bond acceptors (Lipinski definition) is 8. The van der Waals surface area contributed by atoms with Crippen LogP contribution in [0, 0.1) is 5.82 Å². The largest absolute Gasteiger partial charge is 0.453 e. The second-order valence-corrected chi connectivity index (χ2v) is 13.2. The highest BCUT2D eigenvalue weighted by Gasteiger charge is 2.56.